The van der Waals surface area contributed by atoms with E-state index in [9.17, 15) is 14.7 Å². The van der Waals surface area contributed by atoms with Gasteiger partial charge in [0.1, 0.15) is 5.75 Å². The minimum atomic E-state index is -0.444. The van der Waals surface area contributed by atoms with E-state index in [0.717, 1.165) is 5.52 Å². The first kappa shape index (κ1) is 16.8. The summed E-state index contributed by atoms with van der Waals surface area (Å²) in [6.45, 7) is 5.67. The van der Waals surface area contributed by atoms with E-state index in [4.69, 9.17) is 0 Å². The first-order chi connectivity index (χ1) is 11.7. The van der Waals surface area contributed by atoms with E-state index >= 15 is 0 Å². The third kappa shape index (κ3) is 3.55. The van der Waals surface area contributed by atoms with Crippen LogP contribution in [0.25, 0.3) is 5.52 Å². The number of nitrogens with zero attached hydrogens (tertiary/aromatic N) is 1. The molecule has 0 atom stereocenters. The average molecular weight is 336 g/mol. The SMILES string of the molecule is CC(C)(C)C(=O)c1cc2cc(NC(=O)c3ccc(O)cc3)ccn2c1. The van der Waals surface area contributed by atoms with Gasteiger partial charge in [-0.15, -0.1) is 0 Å². The zero-order valence-corrected chi connectivity index (χ0v) is 14.4. The van der Waals surface area contributed by atoms with E-state index in [1.165, 1.54) is 12.1 Å². The van der Waals surface area contributed by atoms with Crippen molar-refractivity contribution in [1.82, 2.24) is 4.40 Å². The Balaban J connectivity index is 1.85. The molecular weight excluding hydrogens is 316 g/mol. The van der Waals surface area contributed by atoms with Gasteiger partial charge in [0.15, 0.2) is 5.78 Å². The molecule has 128 valence electrons. The number of anilines is 1. The van der Waals surface area contributed by atoms with Crippen LogP contribution < -0.4 is 5.32 Å². The second-order valence-corrected chi connectivity index (χ2v) is 7.06. The number of pyridine rings is 1. The highest BCUT2D eigenvalue weighted by molar-refractivity contribution is 6.05. The number of rotatable bonds is 3. The van der Waals surface area contributed by atoms with Crippen molar-refractivity contribution in [3.8, 4) is 5.75 Å². The first-order valence-corrected chi connectivity index (χ1v) is 8.01. The molecule has 0 saturated carbocycles. The average Bonchev–Trinajstić information content (AvgIpc) is 2.96. The van der Waals surface area contributed by atoms with Crippen LogP contribution in [-0.2, 0) is 0 Å². The summed E-state index contributed by atoms with van der Waals surface area (Å²) in [6.07, 6.45) is 3.61. The Hall–Kier alpha value is -3.08. The standard InChI is InChI=1S/C20H20N2O3/c1-20(2,3)18(24)14-10-16-11-15(8-9-22(16)12-14)21-19(25)13-4-6-17(23)7-5-13/h4-12,23H,1-3H3,(H,21,25). The molecule has 5 heteroatoms. The number of hydrogen-bond acceptors (Lipinski definition) is 3. The Morgan fingerprint density at radius 1 is 1.00 bits per heavy atom. The molecule has 2 aromatic heterocycles. The summed E-state index contributed by atoms with van der Waals surface area (Å²) in [5.41, 5.74) is 2.13. The van der Waals surface area contributed by atoms with E-state index in [1.807, 2.05) is 37.3 Å². The van der Waals surface area contributed by atoms with E-state index in [2.05, 4.69) is 5.32 Å². The summed E-state index contributed by atoms with van der Waals surface area (Å²) in [4.78, 5) is 24.7. The normalized spacial score (nSPS) is 11.5. The number of amides is 1. The van der Waals surface area contributed by atoms with Gasteiger partial charge in [0, 0.05) is 40.1 Å². The molecule has 0 spiro atoms. The largest absolute Gasteiger partial charge is 0.508 e. The fourth-order valence-electron chi connectivity index (χ4n) is 2.56. The molecule has 0 bridgehead atoms. The molecule has 1 aromatic carbocycles. The predicted molar refractivity (Wildman–Crippen MR) is 97.2 cm³/mol. The van der Waals surface area contributed by atoms with Crippen molar-refractivity contribution in [2.24, 2.45) is 5.41 Å². The highest BCUT2D eigenvalue weighted by Gasteiger charge is 2.23. The summed E-state index contributed by atoms with van der Waals surface area (Å²) in [6, 6.07) is 11.5. The van der Waals surface area contributed by atoms with Gasteiger partial charge in [0.25, 0.3) is 5.91 Å². The summed E-state index contributed by atoms with van der Waals surface area (Å²) in [5.74, 6) is -0.0741. The Morgan fingerprint density at radius 3 is 2.32 bits per heavy atom. The van der Waals surface area contributed by atoms with Gasteiger partial charge in [-0.05, 0) is 42.5 Å². The van der Waals surface area contributed by atoms with E-state index in [1.54, 1.807) is 30.6 Å². The Morgan fingerprint density at radius 2 is 1.68 bits per heavy atom. The van der Waals surface area contributed by atoms with Crippen molar-refractivity contribution in [1.29, 1.82) is 0 Å². The number of aromatic nitrogens is 1. The zero-order valence-electron chi connectivity index (χ0n) is 14.4. The molecular formula is C20H20N2O3. The van der Waals surface area contributed by atoms with Gasteiger partial charge >= 0.3 is 0 Å². The van der Waals surface area contributed by atoms with Crippen molar-refractivity contribution in [2.45, 2.75) is 20.8 Å². The maximum absolute atomic E-state index is 12.4. The van der Waals surface area contributed by atoms with Crippen molar-refractivity contribution < 1.29 is 14.7 Å². The van der Waals surface area contributed by atoms with Crippen LogP contribution in [0, 0.1) is 5.41 Å². The molecule has 0 radical (unpaired) electrons. The van der Waals surface area contributed by atoms with Crippen LogP contribution in [0.2, 0.25) is 0 Å². The number of fused-ring (bicyclic) bond motifs is 1. The lowest BCUT2D eigenvalue weighted by molar-refractivity contribution is 0.0858. The Labute approximate surface area is 145 Å². The zero-order chi connectivity index (χ0) is 18.2. The topological polar surface area (TPSA) is 70.8 Å². The third-order valence-electron chi connectivity index (χ3n) is 3.93. The predicted octanol–water partition coefficient (Wildman–Crippen LogP) is 4.13. The van der Waals surface area contributed by atoms with Crippen molar-refractivity contribution in [3.05, 3.63) is 66.0 Å². The molecule has 3 rings (SSSR count). The van der Waals surface area contributed by atoms with Crippen LogP contribution in [0.15, 0.2) is 54.9 Å². The smallest absolute Gasteiger partial charge is 0.255 e. The number of carbonyl (C=O) groups is 2. The highest BCUT2D eigenvalue weighted by atomic mass is 16.3. The molecule has 2 heterocycles. The Kier molecular flexibility index (Phi) is 4.08. The van der Waals surface area contributed by atoms with Crippen LogP contribution >= 0.6 is 0 Å². The van der Waals surface area contributed by atoms with Crippen LogP contribution in [0.3, 0.4) is 0 Å². The van der Waals surface area contributed by atoms with Crippen LogP contribution in [0.1, 0.15) is 41.5 Å². The molecule has 0 fully saturated rings. The van der Waals surface area contributed by atoms with Gasteiger partial charge in [-0.25, -0.2) is 0 Å². The molecule has 0 aliphatic heterocycles. The van der Waals surface area contributed by atoms with Gasteiger partial charge in [-0.1, -0.05) is 20.8 Å². The van der Waals surface area contributed by atoms with Crippen LogP contribution in [0.5, 0.6) is 5.75 Å². The summed E-state index contributed by atoms with van der Waals surface area (Å²) < 4.78 is 1.86. The van der Waals surface area contributed by atoms with Gasteiger partial charge in [0.2, 0.25) is 0 Å². The number of phenolic OH excluding ortho intramolecular Hbond substituents is 1. The summed E-state index contributed by atoms with van der Waals surface area (Å²) in [7, 11) is 0. The van der Waals surface area contributed by atoms with Gasteiger partial charge < -0.3 is 14.8 Å². The minimum Gasteiger partial charge on any atom is -0.508 e. The fourth-order valence-corrected chi connectivity index (χ4v) is 2.56. The van der Waals surface area contributed by atoms with Crippen molar-refractivity contribution >= 4 is 22.9 Å². The van der Waals surface area contributed by atoms with E-state index in [0.29, 0.717) is 16.8 Å². The molecule has 1 amide bonds. The number of hydrogen-bond donors (Lipinski definition) is 2. The number of carbonyl (C=O) groups excluding carboxylic acids is 2. The number of benzene rings is 1. The van der Waals surface area contributed by atoms with Crippen molar-refractivity contribution in [2.75, 3.05) is 5.32 Å². The second-order valence-electron chi connectivity index (χ2n) is 7.06. The van der Waals surface area contributed by atoms with Crippen molar-refractivity contribution in [3.63, 3.8) is 0 Å². The van der Waals surface area contributed by atoms with E-state index < -0.39 is 5.41 Å². The summed E-state index contributed by atoms with van der Waals surface area (Å²) >= 11 is 0. The van der Waals surface area contributed by atoms with Gasteiger partial charge in [0.05, 0.1) is 0 Å². The molecule has 25 heavy (non-hydrogen) atoms. The molecule has 5 nitrogen and oxygen atoms in total. The van der Waals surface area contributed by atoms with Gasteiger partial charge in [-0.2, -0.15) is 0 Å². The highest BCUT2D eigenvalue weighted by Crippen LogP contribution is 2.24. The molecule has 0 aliphatic rings. The maximum Gasteiger partial charge on any atom is 0.255 e. The molecule has 0 aliphatic carbocycles. The van der Waals surface area contributed by atoms with E-state index in [-0.39, 0.29) is 17.4 Å². The monoisotopic (exact) mass is 336 g/mol. The first-order valence-electron chi connectivity index (χ1n) is 8.01. The third-order valence-corrected chi connectivity index (χ3v) is 3.93. The number of ketones is 1. The summed E-state index contributed by atoms with van der Waals surface area (Å²) in [5, 5.41) is 12.1. The van der Waals surface area contributed by atoms with Crippen LogP contribution in [-0.4, -0.2) is 21.2 Å². The number of phenols is 1. The number of Topliss-reactive ketones (excluding diaryl/α,β-unsaturated/α-hetero) is 1. The number of nitrogens with one attached hydrogen (secondary N) is 1. The Bertz CT molecular complexity index is 947. The lowest BCUT2D eigenvalue weighted by Crippen LogP contribution is -2.19. The molecule has 2 N–H and O–H groups in total. The quantitative estimate of drug-likeness (QED) is 0.707. The molecule has 0 saturated heterocycles. The van der Waals surface area contributed by atoms with Crippen LogP contribution in [0.4, 0.5) is 5.69 Å². The number of aromatic hydroxyl groups is 1. The second kappa shape index (κ2) is 6.09. The molecule has 0 unspecified atom stereocenters. The lowest BCUT2D eigenvalue weighted by Gasteiger charge is -2.14. The molecule has 3 aromatic rings. The minimum absolute atomic E-state index is 0.0749. The van der Waals surface area contributed by atoms with Gasteiger partial charge in [-0.3, -0.25) is 9.59 Å². The fraction of sp³-hybridized carbons (Fsp3) is 0.200. The maximum atomic E-state index is 12.4. The lowest BCUT2D eigenvalue weighted by atomic mass is 9.87.